The lowest BCUT2D eigenvalue weighted by molar-refractivity contribution is 0.408. The van der Waals surface area contributed by atoms with Crippen molar-refractivity contribution in [2.75, 3.05) is 7.11 Å². The number of imidazole rings is 1. The number of hydrogen-bond donors (Lipinski definition) is 1. The molecule has 0 spiro atoms. The van der Waals surface area contributed by atoms with E-state index in [1.165, 1.54) is 0 Å². The number of methoxy groups -OCH3 is 1. The SMILES string of the molecule is COc1cccc(Cl)c1Cn1cncc1CN. The van der Waals surface area contributed by atoms with E-state index >= 15 is 0 Å². The normalized spacial score (nSPS) is 10.5. The van der Waals surface area contributed by atoms with E-state index in [2.05, 4.69) is 4.98 Å². The van der Waals surface area contributed by atoms with Crippen LogP contribution in [0.25, 0.3) is 0 Å². The highest BCUT2D eigenvalue weighted by molar-refractivity contribution is 6.31. The first-order valence-electron chi connectivity index (χ1n) is 5.26. The van der Waals surface area contributed by atoms with Crippen molar-refractivity contribution in [2.45, 2.75) is 13.1 Å². The molecule has 5 heteroatoms. The Morgan fingerprint density at radius 2 is 2.29 bits per heavy atom. The fourth-order valence-electron chi connectivity index (χ4n) is 1.71. The van der Waals surface area contributed by atoms with E-state index < -0.39 is 0 Å². The van der Waals surface area contributed by atoms with Crippen LogP contribution in [0.2, 0.25) is 5.02 Å². The Morgan fingerprint density at radius 1 is 1.47 bits per heavy atom. The molecule has 0 unspecified atom stereocenters. The fourth-order valence-corrected chi connectivity index (χ4v) is 1.94. The fraction of sp³-hybridized carbons (Fsp3) is 0.250. The zero-order valence-corrected chi connectivity index (χ0v) is 10.3. The molecule has 2 aromatic rings. The summed E-state index contributed by atoms with van der Waals surface area (Å²) >= 11 is 6.18. The predicted octanol–water partition coefficient (Wildman–Crippen LogP) is 2.05. The van der Waals surface area contributed by atoms with E-state index in [9.17, 15) is 0 Å². The molecule has 1 aromatic carbocycles. The lowest BCUT2D eigenvalue weighted by Gasteiger charge is -2.12. The lowest BCUT2D eigenvalue weighted by Crippen LogP contribution is -2.08. The number of rotatable bonds is 4. The molecule has 0 atom stereocenters. The molecule has 0 fully saturated rings. The van der Waals surface area contributed by atoms with Gasteiger partial charge < -0.3 is 15.0 Å². The number of halogens is 1. The lowest BCUT2D eigenvalue weighted by atomic mass is 10.2. The summed E-state index contributed by atoms with van der Waals surface area (Å²) in [6.07, 6.45) is 3.49. The van der Waals surface area contributed by atoms with Crippen molar-refractivity contribution >= 4 is 11.6 Å². The summed E-state index contributed by atoms with van der Waals surface area (Å²) in [5, 5.41) is 0.682. The first kappa shape index (κ1) is 12.0. The summed E-state index contributed by atoms with van der Waals surface area (Å²) in [4.78, 5) is 4.07. The number of aromatic nitrogens is 2. The van der Waals surface area contributed by atoms with Gasteiger partial charge in [-0.2, -0.15) is 0 Å². The van der Waals surface area contributed by atoms with Crippen molar-refractivity contribution < 1.29 is 4.74 Å². The van der Waals surface area contributed by atoms with Gasteiger partial charge in [0.15, 0.2) is 0 Å². The van der Waals surface area contributed by atoms with Crippen molar-refractivity contribution in [3.05, 3.63) is 47.0 Å². The van der Waals surface area contributed by atoms with Crippen LogP contribution in [0.3, 0.4) is 0 Å². The molecule has 90 valence electrons. The average Bonchev–Trinajstić information content (AvgIpc) is 2.79. The molecule has 1 heterocycles. The molecule has 0 aliphatic carbocycles. The van der Waals surface area contributed by atoms with Gasteiger partial charge in [0, 0.05) is 23.3 Å². The van der Waals surface area contributed by atoms with Gasteiger partial charge in [-0.25, -0.2) is 4.98 Å². The minimum atomic E-state index is 0.451. The van der Waals surface area contributed by atoms with Gasteiger partial charge in [0.25, 0.3) is 0 Å². The second-order valence-corrected chi connectivity index (χ2v) is 4.04. The highest BCUT2D eigenvalue weighted by Gasteiger charge is 2.09. The monoisotopic (exact) mass is 251 g/mol. The second-order valence-electron chi connectivity index (χ2n) is 3.64. The molecule has 0 aliphatic heterocycles. The zero-order valence-electron chi connectivity index (χ0n) is 9.56. The van der Waals surface area contributed by atoms with Crippen LogP contribution in [0.15, 0.2) is 30.7 Å². The summed E-state index contributed by atoms with van der Waals surface area (Å²) in [7, 11) is 1.63. The van der Waals surface area contributed by atoms with Crippen LogP contribution in [-0.4, -0.2) is 16.7 Å². The average molecular weight is 252 g/mol. The topological polar surface area (TPSA) is 53.1 Å². The summed E-state index contributed by atoms with van der Waals surface area (Å²) in [6, 6.07) is 5.60. The Labute approximate surface area is 105 Å². The maximum atomic E-state index is 6.18. The van der Waals surface area contributed by atoms with E-state index in [0.29, 0.717) is 18.1 Å². The van der Waals surface area contributed by atoms with Gasteiger partial charge in [-0.05, 0) is 12.1 Å². The summed E-state index contributed by atoms with van der Waals surface area (Å²) in [6.45, 7) is 1.06. The van der Waals surface area contributed by atoms with Crippen LogP contribution in [0, 0.1) is 0 Å². The standard InChI is InChI=1S/C12H14ClN3O/c1-17-12-4-2-3-11(13)10(12)7-16-8-15-6-9(16)5-14/h2-4,6,8H,5,7,14H2,1H3. The molecule has 0 amide bonds. The Bertz CT molecular complexity index is 510. The molecular formula is C12H14ClN3O. The maximum absolute atomic E-state index is 6.18. The summed E-state index contributed by atoms with van der Waals surface area (Å²) < 4.78 is 7.26. The van der Waals surface area contributed by atoms with Crippen molar-refractivity contribution in [3.63, 3.8) is 0 Å². The number of nitrogens with two attached hydrogens (primary N) is 1. The van der Waals surface area contributed by atoms with E-state index in [-0.39, 0.29) is 0 Å². The van der Waals surface area contributed by atoms with Crippen LogP contribution < -0.4 is 10.5 Å². The third-order valence-corrected chi connectivity index (χ3v) is 2.99. The van der Waals surface area contributed by atoms with E-state index in [0.717, 1.165) is 17.0 Å². The first-order chi connectivity index (χ1) is 8.26. The van der Waals surface area contributed by atoms with Crippen molar-refractivity contribution in [3.8, 4) is 5.75 Å². The third kappa shape index (κ3) is 2.43. The Hall–Kier alpha value is -1.52. The quantitative estimate of drug-likeness (QED) is 0.905. The van der Waals surface area contributed by atoms with Gasteiger partial charge in [-0.15, -0.1) is 0 Å². The van der Waals surface area contributed by atoms with Gasteiger partial charge in [-0.1, -0.05) is 17.7 Å². The second kappa shape index (κ2) is 5.21. The van der Waals surface area contributed by atoms with Crippen molar-refractivity contribution in [1.29, 1.82) is 0 Å². The van der Waals surface area contributed by atoms with E-state index in [1.54, 1.807) is 19.6 Å². The summed E-state index contributed by atoms with van der Waals surface area (Å²) in [5.41, 5.74) is 7.53. The van der Waals surface area contributed by atoms with Crippen LogP contribution in [0.1, 0.15) is 11.3 Å². The molecule has 1 aromatic heterocycles. The molecule has 2 N–H and O–H groups in total. The molecule has 0 saturated carbocycles. The zero-order chi connectivity index (χ0) is 12.3. The highest BCUT2D eigenvalue weighted by atomic mass is 35.5. The molecule has 0 bridgehead atoms. The summed E-state index contributed by atoms with van der Waals surface area (Å²) in [5.74, 6) is 0.772. The van der Waals surface area contributed by atoms with Crippen molar-refractivity contribution in [2.24, 2.45) is 5.73 Å². The Kier molecular flexibility index (Phi) is 3.66. The molecule has 0 aliphatic rings. The van der Waals surface area contributed by atoms with Crippen LogP contribution in [0.4, 0.5) is 0 Å². The third-order valence-electron chi connectivity index (χ3n) is 2.63. The molecule has 0 saturated heterocycles. The Morgan fingerprint density at radius 3 is 3.00 bits per heavy atom. The van der Waals surface area contributed by atoms with Gasteiger partial charge in [0.1, 0.15) is 5.75 Å². The molecule has 2 rings (SSSR count). The number of nitrogens with zero attached hydrogens (tertiary/aromatic N) is 2. The number of benzene rings is 1. The molecular weight excluding hydrogens is 238 g/mol. The first-order valence-corrected chi connectivity index (χ1v) is 5.64. The minimum absolute atomic E-state index is 0.451. The molecule has 17 heavy (non-hydrogen) atoms. The van der Waals surface area contributed by atoms with Crippen LogP contribution in [-0.2, 0) is 13.1 Å². The van der Waals surface area contributed by atoms with E-state index in [1.807, 2.05) is 22.8 Å². The van der Waals surface area contributed by atoms with Gasteiger partial charge >= 0.3 is 0 Å². The van der Waals surface area contributed by atoms with Gasteiger partial charge in [0.2, 0.25) is 0 Å². The minimum Gasteiger partial charge on any atom is -0.496 e. The molecule has 4 nitrogen and oxygen atoms in total. The highest BCUT2D eigenvalue weighted by Crippen LogP contribution is 2.27. The van der Waals surface area contributed by atoms with Gasteiger partial charge in [0.05, 0.1) is 25.7 Å². The van der Waals surface area contributed by atoms with Crippen LogP contribution in [0.5, 0.6) is 5.75 Å². The molecule has 0 radical (unpaired) electrons. The number of ether oxygens (including phenoxy) is 1. The van der Waals surface area contributed by atoms with Crippen LogP contribution >= 0.6 is 11.6 Å². The van der Waals surface area contributed by atoms with Gasteiger partial charge in [-0.3, -0.25) is 0 Å². The maximum Gasteiger partial charge on any atom is 0.125 e. The Balaban J connectivity index is 2.35. The number of hydrogen-bond acceptors (Lipinski definition) is 3. The predicted molar refractivity (Wildman–Crippen MR) is 67.2 cm³/mol. The van der Waals surface area contributed by atoms with Crippen molar-refractivity contribution in [1.82, 2.24) is 9.55 Å². The largest absolute Gasteiger partial charge is 0.496 e. The van der Waals surface area contributed by atoms with E-state index in [4.69, 9.17) is 22.1 Å². The smallest absolute Gasteiger partial charge is 0.125 e.